The Hall–Kier alpha value is -1.26. The molecule has 0 spiro atoms. The second-order valence-corrected chi connectivity index (χ2v) is 3.71. The van der Waals surface area contributed by atoms with Crippen LogP contribution in [0.5, 0.6) is 11.6 Å². The summed E-state index contributed by atoms with van der Waals surface area (Å²) in [6.45, 7) is 0. The number of rotatable bonds is 2. The highest BCUT2D eigenvalue weighted by molar-refractivity contribution is 14.1. The molecule has 0 saturated heterocycles. The Bertz CT molecular complexity index is 449. The first kappa shape index (κ1) is 13.8. The van der Waals surface area contributed by atoms with Crippen molar-refractivity contribution in [3.63, 3.8) is 0 Å². The van der Waals surface area contributed by atoms with Gasteiger partial charge in [-0.1, -0.05) is 0 Å². The minimum absolute atomic E-state index is 0.204. The van der Waals surface area contributed by atoms with Crippen molar-refractivity contribution in [1.82, 2.24) is 4.98 Å². The summed E-state index contributed by atoms with van der Waals surface area (Å²) in [7, 11) is 1.03. The average molecular weight is 363 g/mol. The molecule has 0 saturated carbocycles. The molecule has 0 fully saturated rings. The van der Waals surface area contributed by atoms with E-state index in [0.29, 0.717) is 6.07 Å². The number of pyridine rings is 1. The second-order valence-electron chi connectivity index (χ2n) is 2.69. The molecule has 1 aromatic rings. The fourth-order valence-corrected chi connectivity index (χ4v) is 1.45. The number of ether oxygens (including phenoxy) is 2. The van der Waals surface area contributed by atoms with Crippen LogP contribution in [0.15, 0.2) is 6.07 Å². The van der Waals surface area contributed by atoms with Crippen molar-refractivity contribution in [1.29, 1.82) is 0 Å². The van der Waals surface area contributed by atoms with Crippen molar-refractivity contribution in [3.05, 3.63) is 15.3 Å². The van der Waals surface area contributed by atoms with Gasteiger partial charge < -0.3 is 14.6 Å². The lowest BCUT2D eigenvalue weighted by atomic mass is 10.2. The van der Waals surface area contributed by atoms with E-state index in [4.69, 9.17) is 0 Å². The molecule has 0 aromatic carbocycles. The predicted octanol–water partition coefficient (Wildman–Crippen LogP) is 2.08. The Balaban J connectivity index is 3.19. The highest BCUT2D eigenvalue weighted by atomic mass is 127. The van der Waals surface area contributed by atoms with Crippen LogP contribution in [0.3, 0.4) is 0 Å². The van der Waals surface area contributed by atoms with E-state index in [1.54, 1.807) is 0 Å². The van der Waals surface area contributed by atoms with Crippen LogP contribution in [-0.2, 0) is 4.74 Å². The van der Waals surface area contributed by atoms with Gasteiger partial charge in [-0.05, 0) is 22.6 Å². The van der Waals surface area contributed by atoms with E-state index in [1.165, 1.54) is 22.6 Å². The lowest BCUT2D eigenvalue weighted by molar-refractivity contribution is -0.276. The minimum Gasteiger partial charge on any atom is -0.504 e. The smallest absolute Gasteiger partial charge is 0.504 e. The van der Waals surface area contributed by atoms with Gasteiger partial charge in [0, 0.05) is 6.07 Å². The maximum Gasteiger partial charge on any atom is 0.574 e. The molecule has 0 aliphatic rings. The van der Waals surface area contributed by atoms with Crippen molar-refractivity contribution in [2.24, 2.45) is 0 Å². The number of esters is 1. The fraction of sp³-hybridized carbons (Fsp3) is 0.250. The largest absolute Gasteiger partial charge is 0.574 e. The van der Waals surface area contributed by atoms with E-state index in [1.807, 2.05) is 0 Å². The topological polar surface area (TPSA) is 68.7 Å². The summed E-state index contributed by atoms with van der Waals surface area (Å²) in [5.41, 5.74) is -0.453. The van der Waals surface area contributed by atoms with Gasteiger partial charge in [-0.25, -0.2) is 9.78 Å². The van der Waals surface area contributed by atoms with Gasteiger partial charge in [0.15, 0.2) is 5.75 Å². The summed E-state index contributed by atoms with van der Waals surface area (Å²) >= 11 is 1.46. The molecule has 0 aliphatic heterocycles. The summed E-state index contributed by atoms with van der Waals surface area (Å²) in [4.78, 5) is 14.5. The monoisotopic (exact) mass is 363 g/mol. The third-order valence-electron chi connectivity index (χ3n) is 1.55. The Kier molecular flexibility index (Phi) is 4.01. The standard InChI is InChI=1S/C8H5F3INO4/c1-16-7(15)3-2-4(17-8(9,10)11)13-6(12)5(3)14/h2,14H,1H3. The highest BCUT2D eigenvalue weighted by Crippen LogP contribution is 2.29. The summed E-state index contributed by atoms with van der Waals surface area (Å²) in [6.07, 6.45) is -4.93. The summed E-state index contributed by atoms with van der Waals surface area (Å²) < 4.78 is 43.5. The maximum atomic E-state index is 11.9. The van der Waals surface area contributed by atoms with E-state index >= 15 is 0 Å². The van der Waals surface area contributed by atoms with Crippen molar-refractivity contribution in [2.75, 3.05) is 7.11 Å². The van der Waals surface area contributed by atoms with Crippen LogP contribution in [0, 0.1) is 3.70 Å². The maximum absolute atomic E-state index is 11.9. The van der Waals surface area contributed by atoms with Gasteiger partial charge >= 0.3 is 12.3 Å². The van der Waals surface area contributed by atoms with Gasteiger partial charge in [-0.3, -0.25) is 0 Å². The number of carbonyl (C=O) groups excluding carboxylic acids is 1. The zero-order valence-electron chi connectivity index (χ0n) is 8.21. The van der Waals surface area contributed by atoms with Crippen LogP contribution in [0.4, 0.5) is 13.2 Å². The zero-order valence-corrected chi connectivity index (χ0v) is 10.4. The lowest BCUT2D eigenvalue weighted by Gasteiger charge is -2.10. The van der Waals surface area contributed by atoms with Gasteiger partial charge in [0.05, 0.1) is 7.11 Å². The Morgan fingerprint density at radius 2 is 2.12 bits per heavy atom. The van der Waals surface area contributed by atoms with E-state index in [2.05, 4.69) is 14.5 Å². The summed E-state index contributed by atoms with van der Waals surface area (Å²) in [5.74, 6) is -2.40. The van der Waals surface area contributed by atoms with Crippen LogP contribution >= 0.6 is 22.6 Å². The Morgan fingerprint density at radius 1 is 1.53 bits per heavy atom. The van der Waals surface area contributed by atoms with Gasteiger partial charge in [-0.2, -0.15) is 0 Å². The fourth-order valence-electron chi connectivity index (χ4n) is 0.921. The lowest BCUT2D eigenvalue weighted by Crippen LogP contribution is -2.18. The van der Waals surface area contributed by atoms with Crippen LogP contribution < -0.4 is 4.74 Å². The van der Waals surface area contributed by atoms with Crippen molar-refractivity contribution < 1.29 is 32.5 Å². The van der Waals surface area contributed by atoms with Gasteiger partial charge in [0.1, 0.15) is 9.26 Å². The van der Waals surface area contributed by atoms with Gasteiger partial charge in [-0.15, -0.1) is 13.2 Å². The van der Waals surface area contributed by atoms with E-state index in [-0.39, 0.29) is 3.70 Å². The highest BCUT2D eigenvalue weighted by Gasteiger charge is 2.33. The molecular weight excluding hydrogens is 358 g/mol. The zero-order chi connectivity index (χ0) is 13.2. The summed E-state index contributed by atoms with van der Waals surface area (Å²) in [5, 5.41) is 9.41. The van der Waals surface area contributed by atoms with Crippen LogP contribution in [0.2, 0.25) is 0 Å². The molecule has 0 aliphatic carbocycles. The number of aromatic nitrogens is 1. The number of carbonyl (C=O) groups is 1. The molecule has 1 aromatic heterocycles. The molecule has 0 atom stereocenters. The molecule has 17 heavy (non-hydrogen) atoms. The number of nitrogens with zero attached hydrogens (tertiary/aromatic N) is 1. The molecule has 1 N–H and O–H groups in total. The molecule has 1 rings (SSSR count). The predicted molar refractivity (Wildman–Crippen MR) is 56.6 cm³/mol. The Labute approximate surface area is 107 Å². The minimum atomic E-state index is -4.93. The third kappa shape index (κ3) is 3.61. The average Bonchev–Trinajstić information content (AvgIpc) is 2.19. The Morgan fingerprint density at radius 3 is 2.59 bits per heavy atom. The van der Waals surface area contributed by atoms with Crippen LogP contribution in [0.1, 0.15) is 10.4 Å². The van der Waals surface area contributed by atoms with Crippen molar-refractivity contribution >= 4 is 28.6 Å². The molecule has 1 heterocycles. The molecule has 0 unspecified atom stereocenters. The second kappa shape index (κ2) is 4.94. The first-order valence-corrected chi connectivity index (χ1v) is 5.06. The van der Waals surface area contributed by atoms with E-state index in [0.717, 1.165) is 7.11 Å². The molecule has 9 heteroatoms. The third-order valence-corrected chi connectivity index (χ3v) is 2.30. The first-order chi connectivity index (χ1) is 7.74. The SMILES string of the molecule is COC(=O)c1cc(OC(F)(F)F)nc(I)c1O. The normalized spacial score (nSPS) is 11.1. The van der Waals surface area contributed by atoms with Crippen LogP contribution in [0.25, 0.3) is 0 Å². The molecular formula is C8H5F3INO4. The number of methoxy groups -OCH3 is 1. The molecule has 0 radical (unpaired) electrons. The van der Waals surface area contributed by atoms with Crippen LogP contribution in [-0.4, -0.2) is 29.5 Å². The van der Waals surface area contributed by atoms with E-state index < -0.39 is 29.5 Å². The van der Waals surface area contributed by atoms with Crippen molar-refractivity contribution in [2.45, 2.75) is 6.36 Å². The molecule has 0 bridgehead atoms. The number of alkyl halides is 3. The number of halogens is 4. The molecule has 5 nitrogen and oxygen atoms in total. The summed E-state index contributed by atoms with van der Waals surface area (Å²) in [6, 6.07) is 0.650. The van der Waals surface area contributed by atoms with Crippen molar-refractivity contribution in [3.8, 4) is 11.6 Å². The number of aromatic hydroxyl groups is 1. The van der Waals surface area contributed by atoms with Gasteiger partial charge in [0.2, 0.25) is 5.88 Å². The number of hydrogen-bond acceptors (Lipinski definition) is 5. The first-order valence-electron chi connectivity index (χ1n) is 3.98. The molecule has 0 amide bonds. The quantitative estimate of drug-likeness (QED) is 0.495. The van der Waals surface area contributed by atoms with E-state index in [9.17, 15) is 23.1 Å². The number of hydrogen-bond donors (Lipinski definition) is 1. The van der Waals surface area contributed by atoms with Gasteiger partial charge in [0.25, 0.3) is 0 Å². The molecule has 94 valence electrons.